The van der Waals surface area contributed by atoms with Crippen LogP contribution in [0.4, 0.5) is 0 Å². The molecule has 15 heavy (non-hydrogen) atoms. The summed E-state index contributed by atoms with van der Waals surface area (Å²) >= 11 is 0. The highest BCUT2D eigenvalue weighted by atomic mass is 16.5. The van der Waals surface area contributed by atoms with Gasteiger partial charge in [-0.3, -0.25) is 0 Å². The zero-order chi connectivity index (χ0) is 10.7. The van der Waals surface area contributed by atoms with Gasteiger partial charge in [0, 0.05) is 12.5 Å². The van der Waals surface area contributed by atoms with Crippen molar-refractivity contribution in [2.75, 3.05) is 19.8 Å². The highest BCUT2D eigenvalue weighted by Gasteiger charge is 2.26. The minimum absolute atomic E-state index is 0.466. The fourth-order valence-electron chi connectivity index (χ4n) is 2.45. The summed E-state index contributed by atoms with van der Waals surface area (Å²) in [5, 5.41) is 0. The molecule has 1 aliphatic heterocycles. The molecule has 2 N–H and O–H groups in total. The molecule has 0 aliphatic carbocycles. The van der Waals surface area contributed by atoms with Crippen molar-refractivity contribution in [1.82, 2.24) is 0 Å². The second kappa shape index (κ2) is 4.77. The van der Waals surface area contributed by atoms with E-state index in [2.05, 4.69) is 31.2 Å². The minimum Gasteiger partial charge on any atom is -0.381 e. The van der Waals surface area contributed by atoms with Crippen molar-refractivity contribution in [2.45, 2.75) is 19.3 Å². The third-order valence-corrected chi connectivity index (χ3v) is 3.38. The van der Waals surface area contributed by atoms with Crippen LogP contribution in [0.2, 0.25) is 0 Å². The fourth-order valence-corrected chi connectivity index (χ4v) is 2.45. The second-order valence-corrected chi connectivity index (χ2v) is 4.32. The Morgan fingerprint density at radius 2 is 2.27 bits per heavy atom. The Kier molecular flexibility index (Phi) is 3.39. The maximum absolute atomic E-state index is 5.90. The number of benzene rings is 1. The van der Waals surface area contributed by atoms with Gasteiger partial charge in [-0.25, -0.2) is 0 Å². The normalized spacial score (nSPS) is 22.9. The van der Waals surface area contributed by atoms with E-state index >= 15 is 0 Å². The predicted molar refractivity (Wildman–Crippen MR) is 61.9 cm³/mol. The van der Waals surface area contributed by atoms with Gasteiger partial charge >= 0.3 is 0 Å². The van der Waals surface area contributed by atoms with Crippen LogP contribution in [0, 0.1) is 12.8 Å². The molecule has 1 aliphatic rings. The van der Waals surface area contributed by atoms with Gasteiger partial charge in [0.25, 0.3) is 0 Å². The van der Waals surface area contributed by atoms with Crippen molar-refractivity contribution >= 4 is 0 Å². The summed E-state index contributed by atoms with van der Waals surface area (Å²) in [5.74, 6) is 1.07. The standard InChI is InChI=1S/C13H19NO/c1-10-4-2-3-5-12(10)13(8-14)11-6-7-15-9-11/h2-5,11,13H,6-9,14H2,1H3. The summed E-state index contributed by atoms with van der Waals surface area (Å²) in [4.78, 5) is 0. The number of hydrogen-bond donors (Lipinski definition) is 1. The van der Waals surface area contributed by atoms with E-state index < -0.39 is 0 Å². The monoisotopic (exact) mass is 205 g/mol. The summed E-state index contributed by atoms with van der Waals surface area (Å²) in [7, 11) is 0. The first kappa shape index (κ1) is 10.7. The van der Waals surface area contributed by atoms with Crippen LogP contribution in [0.15, 0.2) is 24.3 Å². The third-order valence-electron chi connectivity index (χ3n) is 3.38. The Hall–Kier alpha value is -0.860. The van der Waals surface area contributed by atoms with Gasteiger partial charge in [0.15, 0.2) is 0 Å². The molecule has 1 saturated heterocycles. The van der Waals surface area contributed by atoms with Crippen molar-refractivity contribution < 1.29 is 4.74 Å². The van der Waals surface area contributed by atoms with Crippen molar-refractivity contribution in [1.29, 1.82) is 0 Å². The lowest BCUT2D eigenvalue weighted by molar-refractivity contribution is 0.181. The molecule has 82 valence electrons. The van der Waals surface area contributed by atoms with E-state index in [4.69, 9.17) is 10.5 Å². The molecule has 0 bridgehead atoms. The molecule has 0 amide bonds. The second-order valence-electron chi connectivity index (χ2n) is 4.32. The van der Waals surface area contributed by atoms with Crippen LogP contribution in [-0.4, -0.2) is 19.8 Å². The number of hydrogen-bond acceptors (Lipinski definition) is 2. The molecule has 2 heteroatoms. The Labute approximate surface area is 91.4 Å². The lowest BCUT2D eigenvalue weighted by Crippen LogP contribution is -2.22. The number of rotatable bonds is 3. The van der Waals surface area contributed by atoms with Crippen molar-refractivity contribution in [2.24, 2.45) is 11.7 Å². The van der Waals surface area contributed by atoms with Crippen molar-refractivity contribution in [3.05, 3.63) is 35.4 Å². The van der Waals surface area contributed by atoms with Gasteiger partial charge in [0.2, 0.25) is 0 Å². The maximum Gasteiger partial charge on any atom is 0.0501 e. The van der Waals surface area contributed by atoms with E-state index in [1.165, 1.54) is 11.1 Å². The van der Waals surface area contributed by atoms with Crippen LogP contribution in [0.1, 0.15) is 23.5 Å². The molecular formula is C13H19NO. The van der Waals surface area contributed by atoms with E-state index in [0.29, 0.717) is 11.8 Å². The molecule has 2 unspecified atom stereocenters. The molecule has 2 nitrogen and oxygen atoms in total. The number of aryl methyl sites for hydroxylation is 1. The molecule has 0 aromatic heterocycles. The van der Waals surface area contributed by atoms with Crippen LogP contribution in [0.3, 0.4) is 0 Å². The molecule has 0 spiro atoms. The predicted octanol–water partition coefficient (Wildman–Crippen LogP) is 2.07. The summed E-state index contributed by atoms with van der Waals surface area (Å²) in [6.45, 7) is 4.65. The number of ether oxygens (including phenoxy) is 1. The van der Waals surface area contributed by atoms with E-state index in [-0.39, 0.29) is 0 Å². The Morgan fingerprint density at radius 1 is 1.47 bits per heavy atom. The average Bonchev–Trinajstić information content (AvgIpc) is 2.75. The summed E-state index contributed by atoms with van der Waals surface area (Å²) in [5.41, 5.74) is 8.64. The van der Waals surface area contributed by atoms with Gasteiger partial charge in [0.05, 0.1) is 6.61 Å². The Morgan fingerprint density at radius 3 is 2.87 bits per heavy atom. The van der Waals surface area contributed by atoms with E-state index in [1.54, 1.807) is 0 Å². The van der Waals surface area contributed by atoms with Gasteiger partial charge < -0.3 is 10.5 Å². The quantitative estimate of drug-likeness (QED) is 0.820. The minimum atomic E-state index is 0.466. The Bertz CT molecular complexity index is 318. The van der Waals surface area contributed by atoms with Gasteiger partial charge in [-0.2, -0.15) is 0 Å². The topological polar surface area (TPSA) is 35.2 Å². The van der Waals surface area contributed by atoms with Crippen LogP contribution >= 0.6 is 0 Å². The van der Waals surface area contributed by atoms with E-state index in [9.17, 15) is 0 Å². The lowest BCUT2D eigenvalue weighted by Gasteiger charge is -2.22. The van der Waals surface area contributed by atoms with E-state index in [0.717, 1.165) is 26.2 Å². The first-order chi connectivity index (χ1) is 7.33. The molecule has 0 saturated carbocycles. The fraction of sp³-hybridized carbons (Fsp3) is 0.538. The van der Waals surface area contributed by atoms with Crippen LogP contribution in [-0.2, 0) is 4.74 Å². The first-order valence-corrected chi connectivity index (χ1v) is 5.66. The molecule has 1 heterocycles. The summed E-state index contributed by atoms with van der Waals surface area (Å²) < 4.78 is 5.45. The SMILES string of the molecule is Cc1ccccc1C(CN)C1CCOC1. The zero-order valence-corrected chi connectivity index (χ0v) is 9.28. The molecular weight excluding hydrogens is 186 g/mol. The molecule has 0 radical (unpaired) electrons. The summed E-state index contributed by atoms with van der Waals surface area (Å²) in [6, 6.07) is 8.54. The molecule has 1 fully saturated rings. The molecule has 1 aromatic carbocycles. The first-order valence-electron chi connectivity index (χ1n) is 5.66. The molecule has 2 rings (SSSR count). The maximum atomic E-state index is 5.90. The van der Waals surface area contributed by atoms with Crippen molar-refractivity contribution in [3.8, 4) is 0 Å². The Balaban J connectivity index is 2.22. The van der Waals surface area contributed by atoms with Crippen LogP contribution < -0.4 is 5.73 Å². The smallest absolute Gasteiger partial charge is 0.0501 e. The van der Waals surface area contributed by atoms with Crippen molar-refractivity contribution in [3.63, 3.8) is 0 Å². The third kappa shape index (κ3) is 2.21. The van der Waals surface area contributed by atoms with Gasteiger partial charge in [0.1, 0.15) is 0 Å². The molecule has 1 aromatic rings. The van der Waals surface area contributed by atoms with Gasteiger partial charge in [-0.15, -0.1) is 0 Å². The largest absolute Gasteiger partial charge is 0.381 e. The highest BCUT2D eigenvalue weighted by Crippen LogP contribution is 2.31. The zero-order valence-electron chi connectivity index (χ0n) is 9.28. The van der Waals surface area contributed by atoms with Crippen LogP contribution in [0.25, 0.3) is 0 Å². The van der Waals surface area contributed by atoms with Gasteiger partial charge in [-0.1, -0.05) is 24.3 Å². The van der Waals surface area contributed by atoms with E-state index in [1.807, 2.05) is 0 Å². The van der Waals surface area contributed by atoms with Gasteiger partial charge in [-0.05, 0) is 36.9 Å². The lowest BCUT2D eigenvalue weighted by atomic mass is 9.83. The average molecular weight is 205 g/mol. The number of nitrogens with two attached hydrogens (primary N) is 1. The molecule has 2 atom stereocenters. The van der Waals surface area contributed by atoms with Crippen LogP contribution in [0.5, 0.6) is 0 Å². The highest BCUT2D eigenvalue weighted by molar-refractivity contribution is 5.30. The summed E-state index contributed by atoms with van der Waals surface area (Å²) in [6.07, 6.45) is 1.15.